The zero-order valence-corrected chi connectivity index (χ0v) is 9.75. The second kappa shape index (κ2) is 4.73. The molecule has 1 aromatic carbocycles. The highest BCUT2D eigenvalue weighted by Gasteiger charge is 2.29. The Hall–Kier alpha value is -1.25. The number of benzene rings is 1. The van der Waals surface area contributed by atoms with Crippen molar-refractivity contribution >= 4 is 11.4 Å². The Kier molecular flexibility index (Phi) is 3.32. The van der Waals surface area contributed by atoms with Crippen LogP contribution in [0.1, 0.15) is 32.6 Å². The number of nitrogens with two attached hydrogens (primary N) is 1. The van der Waals surface area contributed by atoms with Gasteiger partial charge in [0.2, 0.25) is 0 Å². The first-order chi connectivity index (χ1) is 7.70. The molecule has 2 nitrogen and oxygen atoms in total. The molecule has 3 heteroatoms. The smallest absolute Gasteiger partial charge is 0.127 e. The number of rotatable bonds is 5. The lowest BCUT2D eigenvalue weighted by Gasteiger charge is -2.24. The molecule has 0 amide bonds. The summed E-state index contributed by atoms with van der Waals surface area (Å²) in [6.07, 6.45) is 4.75. The summed E-state index contributed by atoms with van der Waals surface area (Å²) < 4.78 is 13.3. The van der Waals surface area contributed by atoms with E-state index in [1.54, 1.807) is 6.07 Å². The number of hydrogen-bond acceptors (Lipinski definition) is 2. The van der Waals surface area contributed by atoms with Crippen molar-refractivity contribution in [3.8, 4) is 0 Å². The summed E-state index contributed by atoms with van der Waals surface area (Å²) in [6.45, 7) is 3.18. The fourth-order valence-electron chi connectivity index (χ4n) is 2.00. The average Bonchev–Trinajstić information content (AvgIpc) is 3.01. The Morgan fingerprint density at radius 1 is 1.38 bits per heavy atom. The molecule has 2 N–H and O–H groups in total. The van der Waals surface area contributed by atoms with Gasteiger partial charge < -0.3 is 10.6 Å². The molecule has 2 rings (SSSR count). The summed E-state index contributed by atoms with van der Waals surface area (Å²) >= 11 is 0. The molecule has 0 unspecified atom stereocenters. The van der Waals surface area contributed by atoms with Crippen LogP contribution in [0.15, 0.2) is 18.2 Å². The fourth-order valence-corrected chi connectivity index (χ4v) is 2.00. The number of nitrogens with zero attached hydrogens (tertiary/aromatic N) is 1. The van der Waals surface area contributed by atoms with Crippen LogP contribution in [0.4, 0.5) is 15.8 Å². The largest absolute Gasteiger partial charge is 0.399 e. The van der Waals surface area contributed by atoms with E-state index < -0.39 is 0 Å². The Labute approximate surface area is 96.2 Å². The molecule has 0 atom stereocenters. The highest BCUT2D eigenvalue weighted by atomic mass is 19.1. The highest BCUT2D eigenvalue weighted by molar-refractivity contribution is 5.57. The van der Waals surface area contributed by atoms with Crippen LogP contribution in [0.25, 0.3) is 0 Å². The van der Waals surface area contributed by atoms with E-state index in [4.69, 9.17) is 5.73 Å². The zero-order valence-electron chi connectivity index (χ0n) is 9.75. The van der Waals surface area contributed by atoms with E-state index in [1.807, 2.05) is 6.07 Å². The Bertz CT molecular complexity index is 341. The summed E-state index contributed by atoms with van der Waals surface area (Å²) in [4.78, 5) is 2.29. The predicted molar refractivity (Wildman–Crippen MR) is 66.1 cm³/mol. The first-order valence-electron chi connectivity index (χ1n) is 6.03. The molecule has 0 saturated heterocycles. The van der Waals surface area contributed by atoms with Gasteiger partial charge in [-0.3, -0.25) is 0 Å². The van der Waals surface area contributed by atoms with Crippen LogP contribution in [0.3, 0.4) is 0 Å². The van der Waals surface area contributed by atoms with Gasteiger partial charge in [-0.1, -0.05) is 13.3 Å². The van der Waals surface area contributed by atoms with Crippen molar-refractivity contribution in [1.82, 2.24) is 0 Å². The minimum Gasteiger partial charge on any atom is -0.399 e. The number of halogens is 1. The molecule has 1 fully saturated rings. The lowest BCUT2D eigenvalue weighted by atomic mass is 10.2. The van der Waals surface area contributed by atoms with Crippen LogP contribution in [0.2, 0.25) is 0 Å². The van der Waals surface area contributed by atoms with E-state index in [-0.39, 0.29) is 5.82 Å². The van der Waals surface area contributed by atoms with Crippen molar-refractivity contribution < 1.29 is 4.39 Å². The maximum absolute atomic E-state index is 13.3. The second-order valence-corrected chi connectivity index (χ2v) is 4.52. The summed E-state index contributed by atoms with van der Waals surface area (Å²) in [5.74, 6) is -0.239. The summed E-state index contributed by atoms with van der Waals surface area (Å²) in [6, 6.07) is 5.43. The molecule has 1 aliphatic rings. The fraction of sp³-hybridized carbons (Fsp3) is 0.538. The molecule has 0 radical (unpaired) electrons. The van der Waals surface area contributed by atoms with Crippen LogP contribution in [0.5, 0.6) is 0 Å². The third kappa shape index (κ3) is 2.65. The predicted octanol–water partition coefficient (Wildman–Crippen LogP) is 3.18. The van der Waals surface area contributed by atoms with Gasteiger partial charge in [0.05, 0.1) is 0 Å². The molecular weight excluding hydrogens is 203 g/mol. The molecular formula is C13H19FN2. The number of anilines is 2. The molecule has 0 bridgehead atoms. The highest BCUT2D eigenvalue weighted by Crippen LogP contribution is 2.33. The van der Waals surface area contributed by atoms with Crippen LogP contribution in [-0.2, 0) is 0 Å². The quantitative estimate of drug-likeness (QED) is 0.775. The third-order valence-corrected chi connectivity index (χ3v) is 2.98. The molecule has 0 aliphatic heterocycles. The van der Waals surface area contributed by atoms with Crippen molar-refractivity contribution in [3.05, 3.63) is 24.0 Å². The van der Waals surface area contributed by atoms with E-state index in [0.717, 1.165) is 25.1 Å². The van der Waals surface area contributed by atoms with Crippen LogP contribution in [0, 0.1) is 5.82 Å². The SMILES string of the molecule is CCCCN(c1cc(N)cc(F)c1)C1CC1. The van der Waals surface area contributed by atoms with Gasteiger partial charge in [-0.05, 0) is 37.5 Å². The monoisotopic (exact) mass is 222 g/mol. The standard InChI is InChI=1S/C13H19FN2/c1-2-3-6-16(12-4-5-12)13-8-10(14)7-11(15)9-13/h7-9,12H,2-6,15H2,1H3. The summed E-state index contributed by atoms with van der Waals surface area (Å²) in [5, 5.41) is 0. The van der Waals surface area contributed by atoms with Gasteiger partial charge in [0.25, 0.3) is 0 Å². The molecule has 1 aliphatic carbocycles. The van der Waals surface area contributed by atoms with Crippen LogP contribution >= 0.6 is 0 Å². The molecule has 0 heterocycles. The minimum absolute atomic E-state index is 0.239. The van der Waals surface area contributed by atoms with Crippen molar-refractivity contribution in [1.29, 1.82) is 0 Å². The summed E-state index contributed by atoms with van der Waals surface area (Å²) in [5.41, 5.74) is 7.13. The van der Waals surface area contributed by atoms with Gasteiger partial charge in [0.1, 0.15) is 5.82 Å². The first kappa shape index (κ1) is 11.2. The average molecular weight is 222 g/mol. The van der Waals surface area contributed by atoms with E-state index >= 15 is 0 Å². The number of hydrogen-bond donors (Lipinski definition) is 1. The zero-order chi connectivity index (χ0) is 11.5. The molecule has 16 heavy (non-hydrogen) atoms. The lowest BCUT2D eigenvalue weighted by molar-refractivity contribution is 0.625. The first-order valence-corrected chi connectivity index (χ1v) is 6.03. The molecule has 0 spiro atoms. The van der Waals surface area contributed by atoms with Crippen molar-refractivity contribution in [2.45, 2.75) is 38.6 Å². The third-order valence-electron chi connectivity index (χ3n) is 2.98. The normalized spacial score (nSPS) is 15.1. The van der Waals surface area contributed by atoms with Crippen LogP contribution < -0.4 is 10.6 Å². The topological polar surface area (TPSA) is 29.3 Å². The molecule has 1 aromatic rings. The minimum atomic E-state index is -0.239. The Balaban J connectivity index is 2.16. The van der Waals surface area contributed by atoms with Crippen molar-refractivity contribution in [2.75, 3.05) is 17.2 Å². The van der Waals surface area contributed by atoms with Gasteiger partial charge in [-0.25, -0.2) is 4.39 Å². The van der Waals surface area contributed by atoms with Gasteiger partial charge in [-0.15, -0.1) is 0 Å². The maximum atomic E-state index is 13.3. The Morgan fingerprint density at radius 3 is 2.69 bits per heavy atom. The van der Waals surface area contributed by atoms with E-state index in [9.17, 15) is 4.39 Å². The van der Waals surface area contributed by atoms with Gasteiger partial charge in [0.15, 0.2) is 0 Å². The molecule has 1 saturated carbocycles. The van der Waals surface area contributed by atoms with E-state index in [1.165, 1.54) is 18.9 Å². The van der Waals surface area contributed by atoms with E-state index in [2.05, 4.69) is 11.8 Å². The van der Waals surface area contributed by atoms with Gasteiger partial charge in [-0.2, -0.15) is 0 Å². The number of nitrogen functional groups attached to an aromatic ring is 1. The summed E-state index contributed by atoms with van der Waals surface area (Å²) in [7, 11) is 0. The van der Waals surface area contributed by atoms with Crippen molar-refractivity contribution in [3.63, 3.8) is 0 Å². The second-order valence-electron chi connectivity index (χ2n) is 4.52. The molecule has 88 valence electrons. The number of unbranched alkanes of at least 4 members (excludes halogenated alkanes) is 1. The van der Waals surface area contributed by atoms with Gasteiger partial charge >= 0.3 is 0 Å². The lowest BCUT2D eigenvalue weighted by Crippen LogP contribution is -2.26. The van der Waals surface area contributed by atoms with Gasteiger partial charge in [0, 0.05) is 24.0 Å². The Morgan fingerprint density at radius 2 is 2.12 bits per heavy atom. The maximum Gasteiger partial charge on any atom is 0.127 e. The van der Waals surface area contributed by atoms with E-state index in [0.29, 0.717) is 11.7 Å². The van der Waals surface area contributed by atoms with Crippen molar-refractivity contribution in [2.24, 2.45) is 0 Å². The molecule has 0 aromatic heterocycles. The van der Waals surface area contributed by atoms with Crippen LogP contribution in [-0.4, -0.2) is 12.6 Å².